The zero-order chi connectivity index (χ0) is 21.4. The van der Waals surface area contributed by atoms with Gasteiger partial charge in [-0.25, -0.2) is 0 Å². The predicted molar refractivity (Wildman–Crippen MR) is 113 cm³/mol. The summed E-state index contributed by atoms with van der Waals surface area (Å²) in [5, 5.41) is 5.29. The van der Waals surface area contributed by atoms with Crippen LogP contribution in [0.15, 0.2) is 42.5 Å². The quantitative estimate of drug-likeness (QED) is 0.666. The topological polar surface area (TPSA) is 84.5 Å². The van der Waals surface area contributed by atoms with Crippen LogP contribution in [0.1, 0.15) is 53.2 Å². The number of carbonyl (C=O) groups excluding carboxylic acids is 3. The fourth-order valence-electron chi connectivity index (χ4n) is 2.78. The van der Waals surface area contributed by atoms with Gasteiger partial charge in [-0.1, -0.05) is 38.1 Å². The average molecular weight is 396 g/mol. The number of carbonyl (C=O) groups is 3. The molecule has 1 atom stereocenters. The van der Waals surface area contributed by atoms with E-state index in [9.17, 15) is 14.4 Å². The molecule has 0 radical (unpaired) electrons. The van der Waals surface area contributed by atoms with Gasteiger partial charge in [-0.3, -0.25) is 14.4 Å². The zero-order valence-corrected chi connectivity index (χ0v) is 17.4. The van der Waals surface area contributed by atoms with Crippen LogP contribution in [0.3, 0.4) is 0 Å². The van der Waals surface area contributed by atoms with Crippen molar-refractivity contribution in [1.82, 2.24) is 5.32 Å². The minimum absolute atomic E-state index is 0.301. The highest BCUT2D eigenvalue weighted by molar-refractivity contribution is 5.97. The number of para-hydroxylation sites is 1. The molecule has 154 valence electrons. The molecule has 0 spiro atoms. The second kappa shape index (κ2) is 10.4. The highest BCUT2D eigenvalue weighted by Gasteiger charge is 2.14. The highest BCUT2D eigenvalue weighted by Crippen LogP contribution is 2.26. The lowest BCUT2D eigenvalue weighted by Gasteiger charge is -2.15. The number of nitrogens with one attached hydrogen (secondary N) is 2. The third-order valence-electron chi connectivity index (χ3n) is 4.90. The Morgan fingerprint density at radius 3 is 2.45 bits per heavy atom. The molecule has 0 fully saturated rings. The van der Waals surface area contributed by atoms with E-state index in [-0.39, 0.29) is 12.5 Å². The maximum Gasteiger partial charge on any atom is 0.325 e. The van der Waals surface area contributed by atoms with E-state index < -0.39 is 18.5 Å². The van der Waals surface area contributed by atoms with E-state index >= 15 is 0 Å². The first-order valence-corrected chi connectivity index (χ1v) is 9.71. The molecule has 2 aromatic carbocycles. The number of benzene rings is 2. The Morgan fingerprint density at radius 1 is 1.03 bits per heavy atom. The fraction of sp³-hybridized carbons (Fsp3) is 0.348. The summed E-state index contributed by atoms with van der Waals surface area (Å²) in [6.45, 7) is 7.33. The summed E-state index contributed by atoms with van der Waals surface area (Å²) < 4.78 is 4.97. The summed E-state index contributed by atoms with van der Waals surface area (Å²) in [5.74, 6) is -1.16. The fourth-order valence-corrected chi connectivity index (χ4v) is 2.78. The maximum absolute atomic E-state index is 12.1. The van der Waals surface area contributed by atoms with E-state index in [4.69, 9.17) is 4.74 Å². The summed E-state index contributed by atoms with van der Waals surface area (Å²) in [5.41, 5.74) is 4.30. The Hall–Kier alpha value is -3.15. The Bertz CT molecular complexity index is 892. The van der Waals surface area contributed by atoms with Crippen molar-refractivity contribution < 1.29 is 19.1 Å². The van der Waals surface area contributed by atoms with Gasteiger partial charge in [0.05, 0.1) is 0 Å². The Balaban J connectivity index is 1.81. The standard InChI is InChI=1S/C23H28N2O4/c1-5-15(2)19-8-6-7-9-20(19)25-21(26)14-29-22(27)13-24-23(28)18-11-10-16(3)17(4)12-18/h6-12,15H,5,13-14H2,1-4H3,(H,24,28)(H,25,26)/t15-/m0/s1. The molecular weight excluding hydrogens is 368 g/mol. The molecule has 0 saturated heterocycles. The van der Waals surface area contributed by atoms with Crippen LogP contribution in [0.25, 0.3) is 0 Å². The lowest BCUT2D eigenvalue weighted by atomic mass is 9.97. The molecule has 2 aromatic rings. The molecule has 2 N–H and O–H groups in total. The number of anilines is 1. The second-order valence-corrected chi connectivity index (χ2v) is 7.09. The van der Waals surface area contributed by atoms with E-state index in [1.807, 2.05) is 44.2 Å². The van der Waals surface area contributed by atoms with Gasteiger partial charge >= 0.3 is 5.97 Å². The van der Waals surface area contributed by atoms with E-state index in [1.165, 1.54) is 0 Å². The molecule has 0 saturated carbocycles. The molecular formula is C23H28N2O4. The van der Waals surface area contributed by atoms with E-state index in [1.54, 1.807) is 12.1 Å². The van der Waals surface area contributed by atoms with Crippen LogP contribution in [-0.4, -0.2) is 30.9 Å². The van der Waals surface area contributed by atoms with Gasteiger partial charge in [0.1, 0.15) is 6.54 Å². The van der Waals surface area contributed by atoms with Crippen molar-refractivity contribution in [1.29, 1.82) is 0 Å². The minimum atomic E-state index is -0.674. The Kier molecular flexibility index (Phi) is 7.95. The van der Waals surface area contributed by atoms with Crippen molar-refractivity contribution in [3.63, 3.8) is 0 Å². The number of rotatable bonds is 8. The first-order valence-electron chi connectivity index (χ1n) is 9.71. The summed E-state index contributed by atoms with van der Waals surface area (Å²) in [4.78, 5) is 36.1. The van der Waals surface area contributed by atoms with Gasteiger partial charge in [0.15, 0.2) is 6.61 Å². The molecule has 29 heavy (non-hydrogen) atoms. The first-order chi connectivity index (χ1) is 13.8. The van der Waals surface area contributed by atoms with Crippen LogP contribution in [-0.2, 0) is 14.3 Å². The third-order valence-corrected chi connectivity index (χ3v) is 4.90. The van der Waals surface area contributed by atoms with Crippen molar-refractivity contribution in [2.45, 2.75) is 40.0 Å². The number of hydrogen-bond acceptors (Lipinski definition) is 4. The monoisotopic (exact) mass is 396 g/mol. The molecule has 0 heterocycles. The SMILES string of the molecule is CC[C@H](C)c1ccccc1NC(=O)COC(=O)CNC(=O)c1ccc(C)c(C)c1. The van der Waals surface area contributed by atoms with Crippen LogP contribution in [0, 0.1) is 13.8 Å². The molecule has 6 nitrogen and oxygen atoms in total. The highest BCUT2D eigenvalue weighted by atomic mass is 16.5. The molecule has 0 aromatic heterocycles. The summed E-state index contributed by atoms with van der Waals surface area (Å²) in [7, 11) is 0. The van der Waals surface area contributed by atoms with Crippen molar-refractivity contribution in [3.8, 4) is 0 Å². The molecule has 6 heteroatoms. The van der Waals surface area contributed by atoms with Gasteiger partial charge in [-0.05, 0) is 61.1 Å². The lowest BCUT2D eigenvalue weighted by Crippen LogP contribution is -2.32. The normalized spacial score (nSPS) is 11.4. The van der Waals surface area contributed by atoms with E-state index in [2.05, 4.69) is 24.5 Å². The number of esters is 1. The predicted octanol–water partition coefficient (Wildman–Crippen LogP) is 3.73. The molecule has 0 aliphatic rings. The van der Waals surface area contributed by atoms with Crippen LogP contribution in [0.2, 0.25) is 0 Å². The summed E-state index contributed by atoms with van der Waals surface area (Å²) >= 11 is 0. The Labute approximate surface area is 171 Å². The van der Waals surface area contributed by atoms with Gasteiger partial charge in [0.2, 0.25) is 0 Å². The smallest absolute Gasteiger partial charge is 0.325 e. The molecule has 0 unspecified atom stereocenters. The van der Waals surface area contributed by atoms with Gasteiger partial charge in [-0.15, -0.1) is 0 Å². The summed E-state index contributed by atoms with van der Waals surface area (Å²) in [6, 6.07) is 12.9. The number of hydrogen-bond donors (Lipinski definition) is 2. The van der Waals surface area contributed by atoms with Crippen LogP contribution in [0.5, 0.6) is 0 Å². The number of amides is 2. The zero-order valence-electron chi connectivity index (χ0n) is 17.4. The number of ether oxygens (including phenoxy) is 1. The molecule has 2 amide bonds. The molecule has 0 aliphatic heterocycles. The maximum atomic E-state index is 12.1. The van der Waals surface area contributed by atoms with Crippen molar-refractivity contribution in [3.05, 3.63) is 64.7 Å². The first kappa shape index (κ1) is 22.1. The van der Waals surface area contributed by atoms with Crippen LogP contribution < -0.4 is 10.6 Å². The van der Waals surface area contributed by atoms with E-state index in [0.29, 0.717) is 17.2 Å². The van der Waals surface area contributed by atoms with Crippen molar-refractivity contribution >= 4 is 23.5 Å². The van der Waals surface area contributed by atoms with Gasteiger partial charge in [0.25, 0.3) is 11.8 Å². The van der Waals surface area contributed by atoms with E-state index in [0.717, 1.165) is 23.1 Å². The van der Waals surface area contributed by atoms with Gasteiger partial charge in [-0.2, -0.15) is 0 Å². The average Bonchev–Trinajstić information content (AvgIpc) is 2.72. The third kappa shape index (κ3) is 6.45. The van der Waals surface area contributed by atoms with Crippen LogP contribution >= 0.6 is 0 Å². The summed E-state index contributed by atoms with van der Waals surface area (Å²) in [6.07, 6.45) is 0.947. The Morgan fingerprint density at radius 2 is 1.76 bits per heavy atom. The molecule has 0 aliphatic carbocycles. The second-order valence-electron chi connectivity index (χ2n) is 7.09. The van der Waals surface area contributed by atoms with Gasteiger partial charge < -0.3 is 15.4 Å². The van der Waals surface area contributed by atoms with Crippen molar-refractivity contribution in [2.24, 2.45) is 0 Å². The largest absolute Gasteiger partial charge is 0.454 e. The molecule has 2 rings (SSSR count). The van der Waals surface area contributed by atoms with Gasteiger partial charge in [0, 0.05) is 11.3 Å². The molecule has 0 bridgehead atoms. The lowest BCUT2D eigenvalue weighted by molar-refractivity contribution is -0.146. The van der Waals surface area contributed by atoms with Crippen LogP contribution in [0.4, 0.5) is 5.69 Å². The minimum Gasteiger partial charge on any atom is -0.454 e. The van der Waals surface area contributed by atoms with Crippen molar-refractivity contribution in [2.75, 3.05) is 18.5 Å². The number of aryl methyl sites for hydroxylation is 2.